The maximum atomic E-state index is 11.5. The van der Waals surface area contributed by atoms with Crippen molar-refractivity contribution in [2.24, 2.45) is 4.99 Å². The molecule has 0 aromatic carbocycles. The van der Waals surface area contributed by atoms with Crippen molar-refractivity contribution in [3.63, 3.8) is 0 Å². The van der Waals surface area contributed by atoms with Crippen LogP contribution < -0.4 is 5.32 Å². The molecule has 0 fully saturated rings. The second-order valence-electron chi connectivity index (χ2n) is 4.07. The third-order valence-corrected chi connectivity index (χ3v) is 2.40. The van der Waals surface area contributed by atoms with Crippen molar-refractivity contribution in [2.75, 3.05) is 26.9 Å². The summed E-state index contributed by atoms with van der Waals surface area (Å²) in [6.07, 6.45) is -2.39. The number of methoxy groups -OCH3 is 1. The molecule has 10 nitrogen and oxygen atoms in total. The van der Waals surface area contributed by atoms with Gasteiger partial charge in [-0.3, -0.25) is 9.59 Å². The van der Waals surface area contributed by atoms with Crippen molar-refractivity contribution in [3.8, 4) is 0 Å². The topological polar surface area (TPSA) is 130 Å². The van der Waals surface area contributed by atoms with E-state index in [1.807, 2.05) is 0 Å². The molecule has 0 saturated heterocycles. The van der Waals surface area contributed by atoms with E-state index >= 15 is 0 Å². The number of ether oxygens (including phenoxy) is 4. The molecule has 0 aromatic heterocycles. The molecule has 0 saturated carbocycles. The van der Waals surface area contributed by atoms with Gasteiger partial charge in [0.05, 0.1) is 13.7 Å². The van der Waals surface area contributed by atoms with E-state index in [1.54, 1.807) is 6.92 Å². The van der Waals surface area contributed by atoms with E-state index in [9.17, 15) is 19.2 Å². The molecule has 0 aromatic rings. The zero-order valence-electron chi connectivity index (χ0n) is 13.0. The van der Waals surface area contributed by atoms with Gasteiger partial charge in [-0.1, -0.05) is 6.92 Å². The second-order valence-corrected chi connectivity index (χ2v) is 4.07. The Morgan fingerprint density at radius 2 is 1.87 bits per heavy atom. The molecule has 1 atom stereocenters. The first kappa shape index (κ1) is 20.3. The molecule has 0 aliphatic rings. The van der Waals surface area contributed by atoms with Crippen LogP contribution in [0.1, 0.15) is 19.8 Å². The lowest BCUT2D eigenvalue weighted by atomic mass is 10.3. The normalized spacial score (nSPS) is 10.9. The van der Waals surface area contributed by atoms with Gasteiger partial charge in [-0.05, 0) is 13.1 Å². The molecular formula is C13H20N2O8. The van der Waals surface area contributed by atoms with Gasteiger partial charge in [0.25, 0.3) is 0 Å². The molecule has 0 bridgehead atoms. The smallest absolute Gasteiger partial charge is 0.433 e. The Bertz CT molecular complexity index is 438. The Morgan fingerprint density at radius 1 is 1.17 bits per heavy atom. The molecule has 0 aliphatic heterocycles. The minimum atomic E-state index is -0.843. The monoisotopic (exact) mass is 332 g/mol. The van der Waals surface area contributed by atoms with Gasteiger partial charge in [0.2, 0.25) is 0 Å². The van der Waals surface area contributed by atoms with Crippen LogP contribution in [-0.2, 0) is 28.5 Å². The van der Waals surface area contributed by atoms with Crippen LogP contribution in [0.25, 0.3) is 0 Å². The number of amides is 2. The summed E-state index contributed by atoms with van der Waals surface area (Å²) in [4.78, 5) is 47.3. The van der Waals surface area contributed by atoms with Gasteiger partial charge in [0.15, 0.2) is 0 Å². The van der Waals surface area contributed by atoms with E-state index in [4.69, 9.17) is 9.47 Å². The van der Waals surface area contributed by atoms with Gasteiger partial charge < -0.3 is 24.3 Å². The lowest BCUT2D eigenvalue weighted by Crippen LogP contribution is -2.33. The predicted octanol–water partition coefficient (Wildman–Crippen LogP) is 0.435. The van der Waals surface area contributed by atoms with Crippen molar-refractivity contribution < 1.29 is 38.1 Å². The number of carbonyl (C=O) groups is 4. The van der Waals surface area contributed by atoms with E-state index in [0.29, 0.717) is 6.42 Å². The highest BCUT2D eigenvalue weighted by molar-refractivity contribution is 5.91. The summed E-state index contributed by atoms with van der Waals surface area (Å²) >= 11 is 0. The molecule has 1 N–H and O–H groups in total. The summed E-state index contributed by atoms with van der Waals surface area (Å²) in [7, 11) is 1.15. The van der Waals surface area contributed by atoms with Crippen LogP contribution in [0.2, 0.25) is 0 Å². The van der Waals surface area contributed by atoms with Crippen molar-refractivity contribution in [3.05, 3.63) is 0 Å². The molecule has 10 heteroatoms. The summed E-state index contributed by atoms with van der Waals surface area (Å²) in [6, 6.07) is 0. The Morgan fingerprint density at radius 3 is 2.43 bits per heavy atom. The average molecular weight is 332 g/mol. The standard InChI is InChI=1S/C13H20N2O8/c1-4-9(8-22-11(17)7-10(16)20-3)23-13(19)15-5-6-21-12(18)14-2/h9H,2,4-8H2,1,3H3,(H,15,19). The number of hydrogen-bond acceptors (Lipinski definition) is 8. The molecule has 0 rings (SSSR count). The van der Waals surface area contributed by atoms with E-state index in [1.165, 1.54) is 0 Å². The third-order valence-electron chi connectivity index (χ3n) is 2.40. The number of carbonyl (C=O) groups excluding carboxylic acids is 4. The number of rotatable bonds is 9. The fourth-order valence-corrected chi connectivity index (χ4v) is 1.19. The van der Waals surface area contributed by atoms with Crippen molar-refractivity contribution in [2.45, 2.75) is 25.9 Å². The summed E-state index contributed by atoms with van der Waals surface area (Å²) in [6.45, 7) is 4.46. The van der Waals surface area contributed by atoms with Gasteiger partial charge in [-0.15, -0.1) is 0 Å². The SMILES string of the molecule is C=NC(=O)OCCNC(=O)OC(CC)COC(=O)CC(=O)OC. The van der Waals surface area contributed by atoms with Crippen molar-refractivity contribution in [1.82, 2.24) is 5.32 Å². The summed E-state index contributed by atoms with van der Waals surface area (Å²) in [5, 5.41) is 2.34. The fraction of sp³-hybridized carbons (Fsp3) is 0.615. The molecule has 2 amide bonds. The molecular weight excluding hydrogens is 312 g/mol. The van der Waals surface area contributed by atoms with E-state index in [0.717, 1.165) is 7.11 Å². The average Bonchev–Trinajstić information content (AvgIpc) is 2.54. The Labute approximate surface area is 133 Å². The lowest BCUT2D eigenvalue weighted by Gasteiger charge is -2.16. The van der Waals surface area contributed by atoms with Gasteiger partial charge >= 0.3 is 24.1 Å². The van der Waals surface area contributed by atoms with Crippen LogP contribution >= 0.6 is 0 Å². The largest absolute Gasteiger partial charge is 0.469 e. The molecule has 23 heavy (non-hydrogen) atoms. The zero-order valence-corrected chi connectivity index (χ0v) is 13.0. The van der Waals surface area contributed by atoms with E-state index in [2.05, 4.69) is 26.5 Å². The Balaban J connectivity index is 3.96. The summed E-state index contributed by atoms with van der Waals surface area (Å²) < 4.78 is 18.7. The predicted molar refractivity (Wildman–Crippen MR) is 77.1 cm³/mol. The molecule has 1 unspecified atom stereocenters. The van der Waals surface area contributed by atoms with Gasteiger partial charge in [-0.2, -0.15) is 4.99 Å². The first-order valence-corrected chi connectivity index (χ1v) is 6.73. The molecule has 0 aliphatic carbocycles. The molecule has 130 valence electrons. The minimum absolute atomic E-state index is 0.0264. The van der Waals surface area contributed by atoms with Crippen LogP contribution in [-0.4, -0.2) is 63.8 Å². The number of hydrogen-bond donors (Lipinski definition) is 1. The molecule has 0 spiro atoms. The van der Waals surface area contributed by atoms with Crippen LogP contribution in [0.3, 0.4) is 0 Å². The maximum Gasteiger partial charge on any atom is 0.433 e. The lowest BCUT2D eigenvalue weighted by molar-refractivity contribution is -0.154. The van der Waals surface area contributed by atoms with Crippen LogP contribution in [0, 0.1) is 0 Å². The van der Waals surface area contributed by atoms with Crippen LogP contribution in [0.5, 0.6) is 0 Å². The molecule has 0 heterocycles. The highest BCUT2D eigenvalue weighted by atomic mass is 16.6. The first-order valence-electron chi connectivity index (χ1n) is 6.73. The van der Waals surface area contributed by atoms with Crippen molar-refractivity contribution >= 4 is 30.8 Å². The van der Waals surface area contributed by atoms with Crippen LogP contribution in [0.15, 0.2) is 4.99 Å². The number of nitrogens with one attached hydrogen (secondary N) is 1. The van der Waals surface area contributed by atoms with Crippen LogP contribution in [0.4, 0.5) is 9.59 Å². The summed E-state index contributed by atoms with van der Waals surface area (Å²) in [5.41, 5.74) is 0. The second kappa shape index (κ2) is 12.0. The molecule has 0 radical (unpaired) electrons. The minimum Gasteiger partial charge on any atom is -0.469 e. The van der Waals surface area contributed by atoms with Crippen molar-refractivity contribution in [1.29, 1.82) is 0 Å². The maximum absolute atomic E-state index is 11.5. The van der Waals surface area contributed by atoms with E-state index < -0.39 is 36.6 Å². The highest BCUT2D eigenvalue weighted by Crippen LogP contribution is 2.01. The fourth-order valence-electron chi connectivity index (χ4n) is 1.19. The van der Waals surface area contributed by atoms with Gasteiger partial charge in [-0.25, -0.2) is 9.59 Å². The highest BCUT2D eigenvalue weighted by Gasteiger charge is 2.17. The van der Waals surface area contributed by atoms with Gasteiger partial charge in [0.1, 0.15) is 25.7 Å². The van der Waals surface area contributed by atoms with E-state index in [-0.39, 0.29) is 19.8 Å². The summed E-state index contributed by atoms with van der Waals surface area (Å²) in [5.74, 6) is -1.49. The number of esters is 2. The quantitative estimate of drug-likeness (QED) is 0.211. The zero-order chi connectivity index (χ0) is 17.7. The number of alkyl carbamates (subject to hydrolysis) is 1. The number of nitrogens with zero attached hydrogens (tertiary/aromatic N) is 1. The Kier molecular flexibility index (Phi) is 10.6. The third kappa shape index (κ3) is 10.7. The first-order chi connectivity index (χ1) is 10.9. The number of aliphatic imine (C=N–C) groups is 1. The Hall–Kier alpha value is -2.65. The van der Waals surface area contributed by atoms with Gasteiger partial charge in [0, 0.05) is 0 Å².